The second-order valence-electron chi connectivity index (χ2n) is 4.31. The molecular formula is C12H15F3O. The van der Waals surface area contributed by atoms with E-state index in [1.165, 1.54) is 12.1 Å². The Bertz CT molecular complexity index is 367. The van der Waals surface area contributed by atoms with Crippen molar-refractivity contribution in [2.75, 3.05) is 0 Å². The van der Waals surface area contributed by atoms with E-state index < -0.39 is 11.8 Å². The van der Waals surface area contributed by atoms with Gasteiger partial charge in [0, 0.05) is 0 Å². The quantitative estimate of drug-likeness (QED) is 0.826. The van der Waals surface area contributed by atoms with Crippen molar-refractivity contribution < 1.29 is 18.3 Å². The van der Waals surface area contributed by atoms with Gasteiger partial charge in [-0.1, -0.05) is 38.1 Å². The maximum atomic E-state index is 12.7. The molecule has 0 aliphatic heterocycles. The van der Waals surface area contributed by atoms with Crippen LogP contribution in [0.4, 0.5) is 13.2 Å². The molecule has 0 aliphatic carbocycles. The summed E-state index contributed by atoms with van der Waals surface area (Å²) in [6.45, 7) is 4.38. The van der Waals surface area contributed by atoms with Gasteiger partial charge in [-0.15, -0.1) is 0 Å². The minimum atomic E-state index is -4.67. The minimum Gasteiger partial charge on any atom is -0.376 e. The summed E-state index contributed by atoms with van der Waals surface area (Å²) in [5.41, 5.74) is -2.35. The average molecular weight is 232 g/mol. The summed E-state index contributed by atoms with van der Waals surface area (Å²) >= 11 is 0. The second-order valence-corrected chi connectivity index (χ2v) is 4.31. The van der Waals surface area contributed by atoms with E-state index in [1.54, 1.807) is 26.0 Å². The van der Waals surface area contributed by atoms with Gasteiger partial charge in [-0.25, -0.2) is 0 Å². The largest absolute Gasteiger partial charge is 0.421 e. The van der Waals surface area contributed by atoms with Crippen molar-refractivity contribution in [1.82, 2.24) is 0 Å². The molecule has 0 saturated carbocycles. The molecule has 16 heavy (non-hydrogen) atoms. The van der Waals surface area contributed by atoms with E-state index in [4.69, 9.17) is 0 Å². The smallest absolute Gasteiger partial charge is 0.376 e. The van der Waals surface area contributed by atoms with Crippen LogP contribution in [0.3, 0.4) is 0 Å². The molecule has 0 bridgehead atoms. The summed E-state index contributed by atoms with van der Waals surface area (Å²) in [5, 5.41) is 9.63. The molecule has 1 atom stereocenters. The van der Waals surface area contributed by atoms with Crippen molar-refractivity contribution in [1.29, 1.82) is 0 Å². The molecular weight excluding hydrogens is 217 g/mol. The molecule has 0 fully saturated rings. The van der Waals surface area contributed by atoms with Gasteiger partial charge in [0.2, 0.25) is 0 Å². The van der Waals surface area contributed by atoms with E-state index in [1.807, 2.05) is 0 Å². The number of hydrogen-bond acceptors (Lipinski definition) is 1. The highest BCUT2D eigenvalue weighted by Gasteiger charge is 2.52. The van der Waals surface area contributed by atoms with Gasteiger partial charge in [0.05, 0.1) is 0 Å². The zero-order valence-corrected chi connectivity index (χ0v) is 9.47. The van der Waals surface area contributed by atoms with Crippen molar-refractivity contribution in [3.05, 3.63) is 35.4 Å². The molecule has 90 valence electrons. The average Bonchev–Trinajstić information content (AvgIpc) is 2.16. The highest BCUT2D eigenvalue weighted by Crippen LogP contribution is 2.41. The third kappa shape index (κ3) is 2.21. The third-order valence-electron chi connectivity index (χ3n) is 2.66. The summed E-state index contributed by atoms with van der Waals surface area (Å²) in [6.07, 6.45) is -4.67. The Morgan fingerprint density at radius 1 is 1.12 bits per heavy atom. The Morgan fingerprint density at radius 2 is 1.62 bits per heavy atom. The van der Waals surface area contributed by atoms with Crippen molar-refractivity contribution in [3.63, 3.8) is 0 Å². The van der Waals surface area contributed by atoms with E-state index in [9.17, 15) is 18.3 Å². The SMILES string of the molecule is CC(C)c1ccccc1C(C)(O)C(F)(F)F. The first-order chi connectivity index (χ1) is 7.18. The topological polar surface area (TPSA) is 20.2 Å². The lowest BCUT2D eigenvalue weighted by atomic mass is 9.86. The molecule has 1 rings (SSSR count). The van der Waals surface area contributed by atoms with Crippen LogP contribution in [0.1, 0.15) is 37.8 Å². The molecule has 1 unspecified atom stereocenters. The fraction of sp³-hybridized carbons (Fsp3) is 0.500. The number of halogens is 3. The molecule has 0 aliphatic rings. The number of benzene rings is 1. The molecule has 1 N–H and O–H groups in total. The predicted octanol–water partition coefficient (Wildman–Crippen LogP) is 3.58. The van der Waals surface area contributed by atoms with Gasteiger partial charge in [-0.05, 0) is 24.0 Å². The predicted molar refractivity (Wildman–Crippen MR) is 56.2 cm³/mol. The molecule has 1 aromatic rings. The lowest BCUT2D eigenvalue weighted by Gasteiger charge is -2.29. The molecule has 1 aromatic carbocycles. The molecule has 0 radical (unpaired) electrons. The Balaban J connectivity index is 3.33. The number of hydrogen-bond donors (Lipinski definition) is 1. The van der Waals surface area contributed by atoms with E-state index >= 15 is 0 Å². The summed E-state index contributed by atoms with van der Waals surface area (Å²) in [4.78, 5) is 0. The van der Waals surface area contributed by atoms with Gasteiger partial charge in [0.15, 0.2) is 5.60 Å². The van der Waals surface area contributed by atoms with Crippen molar-refractivity contribution in [2.45, 2.75) is 38.5 Å². The molecule has 1 nitrogen and oxygen atoms in total. The van der Waals surface area contributed by atoms with Crippen LogP contribution in [0.15, 0.2) is 24.3 Å². The molecule has 0 amide bonds. The normalized spacial score (nSPS) is 16.2. The Labute approximate surface area is 92.9 Å². The monoisotopic (exact) mass is 232 g/mol. The molecule has 0 heterocycles. The van der Waals surface area contributed by atoms with Gasteiger partial charge in [0.25, 0.3) is 0 Å². The zero-order chi connectivity index (χ0) is 12.6. The van der Waals surface area contributed by atoms with Gasteiger partial charge in [-0.2, -0.15) is 13.2 Å². The fourth-order valence-corrected chi connectivity index (χ4v) is 1.60. The Kier molecular flexibility index (Phi) is 3.33. The summed E-state index contributed by atoms with van der Waals surface area (Å²) in [6, 6.07) is 6.11. The van der Waals surface area contributed by atoms with Crippen LogP contribution in [0.5, 0.6) is 0 Å². The Morgan fingerprint density at radius 3 is 2.06 bits per heavy atom. The first kappa shape index (κ1) is 13.0. The van der Waals surface area contributed by atoms with Crippen molar-refractivity contribution in [2.24, 2.45) is 0 Å². The second kappa shape index (κ2) is 4.09. The first-order valence-corrected chi connectivity index (χ1v) is 5.06. The number of alkyl halides is 3. The molecule has 4 heteroatoms. The van der Waals surface area contributed by atoms with Gasteiger partial charge in [0.1, 0.15) is 0 Å². The van der Waals surface area contributed by atoms with Crippen molar-refractivity contribution >= 4 is 0 Å². The van der Waals surface area contributed by atoms with E-state index in [0.29, 0.717) is 5.56 Å². The van der Waals surface area contributed by atoms with Crippen LogP contribution in [-0.4, -0.2) is 11.3 Å². The zero-order valence-electron chi connectivity index (χ0n) is 9.47. The number of rotatable bonds is 2. The molecule has 0 saturated heterocycles. The molecule has 0 aromatic heterocycles. The van der Waals surface area contributed by atoms with Crippen molar-refractivity contribution in [3.8, 4) is 0 Å². The van der Waals surface area contributed by atoms with Crippen LogP contribution in [0.25, 0.3) is 0 Å². The summed E-state index contributed by atoms with van der Waals surface area (Å²) < 4.78 is 38.1. The number of aliphatic hydroxyl groups is 1. The van der Waals surface area contributed by atoms with Crippen LogP contribution < -0.4 is 0 Å². The lowest BCUT2D eigenvalue weighted by molar-refractivity contribution is -0.259. The van der Waals surface area contributed by atoms with E-state index in [0.717, 1.165) is 6.92 Å². The highest BCUT2D eigenvalue weighted by molar-refractivity contribution is 5.35. The van der Waals surface area contributed by atoms with Crippen LogP contribution >= 0.6 is 0 Å². The minimum absolute atomic E-state index is 0.0648. The van der Waals surface area contributed by atoms with E-state index in [-0.39, 0.29) is 11.5 Å². The van der Waals surface area contributed by atoms with Crippen LogP contribution in [0.2, 0.25) is 0 Å². The maximum Gasteiger partial charge on any atom is 0.421 e. The highest BCUT2D eigenvalue weighted by atomic mass is 19.4. The third-order valence-corrected chi connectivity index (χ3v) is 2.66. The van der Waals surface area contributed by atoms with Gasteiger partial charge < -0.3 is 5.11 Å². The lowest BCUT2D eigenvalue weighted by Crippen LogP contribution is -2.40. The fourth-order valence-electron chi connectivity index (χ4n) is 1.60. The van der Waals surface area contributed by atoms with Gasteiger partial charge >= 0.3 is 6.18 Å². The van der Waals surface area contributed by atoms with Crippen LogP contribution in [-0.2, 0) is 5.60 Å². The van der Waals surface area contributed by atoms with E-state index in [2.05, 4.69) is 0 Å². The summed E-state index contributed by atoms with van der Waals surface area (Å²) in [5.74, 6) is -0.0648. The Hall–Kier alpha value is -1.03. The maximum absolute atomic E-state index is 12.7. The van der Waals surface area contributed by atoms with Crippen LogP contribution in [0, 0.1) is 0 Å². The standard InChI is InChI=1S/C12H15F3O/c1-8(2)9-6-4-5-7-10(9)11(3,16)12(13,14)15/h4-8,16H,1-3H3. The first-order valence-electron chi connectivity index (χ1n) is 5.06. The molecule has 0 spiro atoms. The van der Waals surface area contributed by atoms with Gasteiger partial charge in [-0.3, -0.25) is 0 Å². The summed E-state index contributed by atoms with van der Waals surface area (Å²) in [7, 11) is 0.